The second kappa shape index (κ2) is 5.72. The van der Waals surface area contributed by atoms with Crippen LogP contribution in [-0.2, 0) is 20.8 Å². The van der Waals surface area contributed by atoms with Gasteiger partial charge in [-0.1, -0.05) is 12.1 Å². The lowest BCUT2D eigenvalue weighted by Gasteiger charge is -2.19. The molecule has 5 heteroatoms. The number of carbonyl (C=O) groups is 3. The first-order valence-corrected chi connectivity index (χ1v) is 8.76. The highest BCUT2D eigenvalue weighted by molar-refractivity contribution is 6.08. The summed E-state index contributed by atoms with van der Waals surface area (Å²) in [4.78, 5) is 38.6. The molecule has 1 aliphatic heterocycles. The molecule has 2 amide bonds. The maximum atomic E-state index is 12.6. The molecule has 2 aliphatic carbocycles. The molecule has 0 aromatic heterocycles. The molecular weight excluding hydrogens is 304 g/mol. The molecule has 2 bridgehead atoms. The van der Waals surface area contributed by atoms with Gasteiger partial charge < -0.3 is 5.73 Å². The summed E-state index contributed by atoms with van der Waals surface area (Å²) in [6.45, 7) is -0.0565. The minimum Gasteiger partial charge on any atom is -0.399 e. The summed E-state index contributed by atoms with van der Waals surface area (Å²) in [7, 11) is 0. The van der Waals surface area contributed by atoms with Crippen LogP contribution in [0, 0.1) is 23.7 Å². The number of fused-ring (bicyclic) bond motifs is 5. The van der Waals surface area contributed by atoms with Gasteiger partial charge in [0.25, 0.3) is 0 Å². The molecular formula is C19H22N2O3. The molecule has 1 heterocycles. The molecule has 4 rings (SSSR count). The second-order valence-corrected chi connectivity index (χ2v) is 7.43. The van der Waals surface area contributed by atoms with Gasteiger partial charge in [0, 0.05) is 12.1 Å². The highest BCUT2D eigenvalue weighted by Gasteiger charge is 2.60. The van der Waals surface area contributed by atoms with Gasteiger partial charge in [0.05, 0.1) is 18.4 Å². The highest BCUT2D eigenvalue weighted by atomic mass is 16.2. The fourth-order valence-electron chi connectivity index (χ4n) is 4.85. The van der Waals surface area contributed by atoms with E-state index in [0.717, 1.165) is 24.8 Å². The van der Waals surface area contributed by atoms with Crippen molar-refractivity contribution in [2.75, 3.05) is 12.3 Å². The Morgan fingerprint density at radius 1 is 1.04 bits per heavy atom. The van der Waals surface area contributed by atoms with Crippen LogP contribution in [0.15, 0.2) is 24.3 Å². The van der Waals surface area contributed by atoms with Crippen LogP contribution in [0.3, 0.4) is 0 Å². The van der Waals surface area contributed by atoms with Gasteiger partial charge in [0.2, 0.25) is 11.8 Å². The van der Waals surface area contributed by atoms with E-state index < -0.39 is 0 Å². The molecule has 3 aliphatic rings. The third-order valence-electron chi connectivity index (χ3n) is 6.03. The molecule has 4 atom stereocenters. The zero-order valence-corrected chi connectivity index (χ0v) is 13.6. The number of nitrogens with two attached hydrogens (primary N) is 1. The lowest BCUT2D eigenvalue weighted by molar-refractivity contribution is -0.144. The summed E-state index contributed by atoms with van der Waals surface area (Å²) in [5.74, 6) is 0.205. The maximum absolute atomic E-state index is 12.6. The van der Waals surface area contributed by atoms with Crippen LogP contribution in [0.4, 0.5) is 5.69 Å². The number of imide groups is 1. The van der Waals surface area contributed by atoms with Gasteiger partial charge in [-0.05, 0) is 55.2 Å². The Morgan fingerprint density at radius 2 is 1.62 bits per heavy atom. The van der Waals surface area contributed by atoms with Crippen LogP contribution in [0.1, 0.15) is 31.2 Å². The third-order valence-corrected chi connectivity index (χ3v) is 6.03. The van der Waals surface area contributed by atoms with Crippen molar-refractivity contribution in [1.29, 1.82) is 0 Å². The van der Waals surface area contributed by atoms with Gasteiger partial charge in [-0.15, -0.1) is 0 Å². The number of hydrogen-bond acceptors (Lipinski definition) is 4. The maximum Gasteiger partial charge on any atom is 0.233 e. The van der Waals surface area contributed by atoms with E-state index >= 15 is 0 Å². The SMILES string of the molecule is Nc1ccc(CCC(=O)CN2C(=O)[C@@H]3[C@@H]4CC[C@@H](C4)[C@@H]3C2=O)cc1. The van der Waals surface area contributed by atoms with Crippen molar-refractivity contribution >= 4 is 23.3 Å². The molecule has 2 N–H and O–H groups in total. The van der Waals surface area contributed by atoms with E-state index in [0.29, 0.717) is 30.4 Å². The fourth-order valence-corrected chi connectivity index (χ4v) is 4.85. The Kier molecular flexibility index (Phi) is 3.66. The van der Waals surface area contributed by atoms with E-state index in [1.54, 1.807) is 0 Å². The first-order valence-electron chi connectivity index (χ1n) is 8.76. The first-order chi connectivity index (χ1) is 11.5. The number of nitrogens with zero attached hydrogens (tertiary/aromatic N) is 1. The van der Waals surface area contributed by atoms with Gasteiger partial charge >= 0.3 is 0 Å². The number of rotatable bonds is 5. The molecule has 1 saturated heterocycles. The molecule has 5 nitrogen and oxygen atoms in total. The van der Waals surface area contributed by atoms with E-state index in [-0.39, 0.29) is 36.0 Å². The molecule has 2 saturated carbocycles. The number of likely N-dealkylation sites (tertiary alicyclic amines) is 1. The average Bonchev–Trinajstić information content (AvgIpc) is 3.24. The molecule has 24 heavy (non-hydrogen) atoms. The van der Waals surface area contributed by atoms with E-state index in [2.05, 4.69) is 0 Å². The Hall–Kier alpha value is -2.17. The minimum absolute atomic E-state index is 0.0548. The minimum atomic E-state index is -0.138. The van der Waals surface area contributed by atoms with E-state index in [1.807, 2.05) is 24.3 Å². The number of aryl methyl sites for hydroxylation is 1. The quantitative estimate of drug-likeness (QED) is 0.661. The Labute approximate surface area is 141 Å². The lowest BCUT2D eigenvalue weighted by atomic mass is 9.81. The van der Waals surface area contributed by atoms with Crippen LogP contribution in [0.2, 0.25) is 0 Å². The largest absolute Gasteiger partial charge is 0.399 e. The molecule has 3 fully saturated rings. The van der Waals surface area contributed by atoms with Gasteiger partial charge in [-0.3, -0.25) is 19.3 Å². The number of benzene rings is 1. The monoisotopic (exact) mass is 326 g/mol. The molecule has 1 aromatic rings. The molecule has 1 aromatic carbocycles. The second-order valence-electron chi connectivity index (χ2n) is 7.43. The number of carbonyl (C=O) groups excluding carboxylic acids is 3. The summed E-state index contributed by atoms with van der Waals surface area (Å²) in [5.41, 5.74) is 7.37. The van der Waals surface area contributed by atoms with Crippen molar-refractivity contribution in [3.63, 3.8) is 0 Å². The number of hydrogen-bond donors (Lipinski definition) is 1. The first kappa shape index (κ1) is 15.4. The Morgan fingerprint density at radius 3 is 2.21 bits per heavy atom. The normalized spacial score (nSPS) is 30.9. The highest BCUT2D eigenvalue weighted by Crippen LogP contribution is 2.56. The van der Waals surface area contributed by atoms with Gasteiger partial charge in [0.15, 0.2) is 5.78 Å². The smallest absolute Gasteiger partial charge is 0.233 e. The van der Waals surface area contributed by atoms with Gasteiger partial charge in [-0.25, -0.2) is 0 Å². The summed E-state index contributed by atoms with van der Waals surface area (Å²) in [5, 5.41) is 0. The molecule has 0 radical (unpaired) electrons. The van der Waals surface area contributed by atoms with Gasteiger partial charge in [-0.2, -0.15) is 0 Å². The fraction of sp³-hybridized carbons (Fsp3) is 0.526. The summed E-state index contributed by atoms with van der Waals surface area (Å²) in [6, 6.07) is 7.42. The standard InChI is InChI=1S/C19H22N2O3/c20-14-6-1-11(2-7-14)3-8-15(22)10-21-18(23)16-12-4-5-13(9-12)17(16)19(21)24/h1-2,6-7,12-13,16-17H,3-5,8-10,20H2/t12-,13+,16-,17+. The van der Waals surface area contributed by atoms with Gasteiger partial charge in [0.1, 0.15) is 0 Å². The topological polar surface area (TPSA) is 80.5 Å². The summed E-state index contributed by atoms with van der Waals surface area (Å²) < 4.78 is 0. The molecule has 0 unspecified atom stereocenters. The lowest BCUT2D eigenvalue weighted by Crippen LogP contribution is -2.37. The predicted octanol–water partition coefficient (Wildman–Crippen LogP) is 1.80. The van der Waals surface area contributed by atoms with Crippen LogP contribution in [0.25, 0.3) is 0 Å². The zero-order valence-electron chi connectivity index (χ0n) is 13.6. The number of ketones is 1. The predicted molar refractivity (Wildman–Crippen MR) is 88.7 cm³/mol. The number of amides is 2. The number of nitrogen functional groups attached to an aromatic ring is 1. The van der Waals surface area contributed by atoms with Crippen LogP contribution in [-0.4, -0.2) is 29.0 Å². The molecule has 0 spiro atoms. The van der Waals surface area contributed by atoms with E-state index in [1.165, 1.54) is 4.90 Å². The Bertz CT molecular complexity index is 669. The van der Waals surface area contributed by atoms with Crippen LogP contribution in [0.5, 0.6) is 0 Å². The van der Waals surface area contributed by atoms with Crippen molar-refractivity contribution in [3.05, 3.63) is 29.8 Å². The van der Waals surface area contributed by atoms with Crippen molar-refractivity contribution in [3.8, 4) is 0 Å². The molecule has 126 valence electrons. The third kappa shape index (κ3) is 2.43. The zero-order chi connectivity index (χ0) is 16.8. The average molecular weight is 326 g/mol. The summed E-state index contributed by atoms with van der Waals surface area (Å²) in [6.07, 6.45) is 4.08. The number of anilines is 1. The number of Topliss-reactive ketones (excluding diaryl/α,β-unsaturated/α-hetero) is 1. The Balaban J connectivity index is 1.37. The van der Waals surface area contributed by atoms with Crippen molar-refractivity contribution in [1.82, 2.24) is 4.90 Å². The van der Waals surface area contributed by atoms with E-state index in [9.17, 15) is 14.4 Å². The van der Waals surface area contributed by atoms with Crippen LogP contribution >= 0.6 is 0 Å². The van der Waals surface area contributed by atoms with Crippen molar-refractivity contribution < 1.29 is 14.4 Å². The van der Waals surface area contributed by atoms with Crippen molar-refractivity contribution in [2.24, 2.45) is 23.7 Å². The summed E-state index contributed by atoms with van der Waals surface area (Å²) >= 11 is 0. The van der Waals surface area contributed by atoms with Crippen LogP contribution < -0.4 is 5.73 Å². The van der Waals surface area contributed by atoms with Crippen molar-refractivity contribution in [2.45, 2.75) is 32.1 Å². The van der Waals surface area contributed by atoms with E-state index in [4.69, 9.17) is 5.73 Å².